The van der Waals surface area contributed by atoms with E-state index < -0.39 is 0 Å². The van der Waals surface area contributed by atoms with E-state index in [1.807, 2.05) is 54.1 Å². The van der Waals surface area contributed by atoms with Gasteiger partial charge in [-0.3, -0.25) is 14.6 Å². The second kappa shape index (κ2) is 10.1. The largest absolute Gasteiger partial charge is 0.469 e. The van der Waals surface area contributed by atoms with Crippen LogP contribution in [0.3, 0.4) is 0 Å². The number of carbonyl (C=O) groups is 2. The van der Waals surface area contributed by atoms with E-state index in [-0.39, 0.29) is 29.7 Å². The lowest BCUT2D eigenvalue weighted by molar-refractivity contribution is -0.146. The Kier molecular flexibility index (Phi) is 6.72. The van der Waals surface area contributed by atoms with Crippen molar-refractivity contribution in [2.24, 2.45) is 11.8 Å². The maximum atomic E-state index is 13.5. The first kappa shape index (κ1) is 24.0. The smallest absolute Gasteiger partial charge is 0.308 e. The van der Waals surface area contributed by atoms with E-state index in [1.54, 1.807) is 6.07 Å². The second-order valence-corrected chi connectivity index (χ2v) is 9.72. The summed E-state index contributed by atoms with van der Waals surface area (Å²) in [7, 11) is 1.44. The SMILES string of the molecule is COC(=O)C1CCC(C(C)NC(=O)c2cccc3ccn(Cc4ccc5cc(F)ccc5n4)c23)CC1. The van der Waals surface area contributed by atoms with Gasteiger partial charge < -0.3 is 14.6 Å². The molecular weight excluding hydrogens is 457 g/mol. The zero-order chi connectivity index (χ0) is 25.2. The quantitative estimate of drug-likeness (QED) is 0.366. The number of esters is 1. The van der Waals surface area contributed by atoms with Crippen molar-refractivity contribution in [3.8, 4) is 0 Å². The van der Waals surface area contributed by atoms with Crippen molar-refractivity contribution in [1.82, 2.24) is 14.9 Å². The Morgan fingerprint density at radius 1 is 1.08 bits per heavy atom. The number of rotatable bonds is 6. The standard InChI is InChI=1S/C29H30FN3O3/c1-18(19-6-8-21(9-7-19)29(35)36-2)31-28(34)25-5-3-4-20-14-15-33(27(20)25)17-24-12-10-22-16-23(30)11-13-26(22)32-24/h3-5,10-16,18-19,21H,6-9,17H2,1-2H3,(H,31,34). The van der Waals surface area contributed by atoms with Crippen molar-refractivity contribution >= 4 is 33.7 Å². The predicted octanol–water partition coefficient (Wildman–Crippen LogP) is 5.47. The van der Waals surface area contributed by atoms with Crippen LogP contribution in [0.15, 0.2) is 60.8 Å². The maximum Gasteiger partial charge on any atom is 0.308 e. The Labute approximate surface area is 209 Å². The van der Waals surface area contributed by atoms with Crippen LogP contribution in [-0.2, 0) is 16.1 Å². The summed E-state index contributed by atoms with van der Waals surface area (Å²) in [6, 6.07) is 16.1. The molecule has 1 amide bonds. The van der Waals surface area contributed by atoms with Crippen LogP contribution in [0.25, 0.3) is 21.8 Å². The van der Waals surface area contributed by atoms with E-state index in [9.17, 15) is 14.0 Å². The fourth-order valence-electron chi connectivity index (χ4n) is 5.40. The number of pyridine rings is 1. The van der Waals surface area contributed by atoms with Gasteiger partial charge in [-0.2, -0.15) is 0 Å². The Morgan fingerprint density at radius 2 is 1.89 bits per heavy atom. The van der Waals surface area contributed by atoms with E-state index in [2.05, 4.69) is 10.3 Å². The molecule has 1 aliphatic rings. The van der Waals surface area contributed by atoms with Crippen LogP contribution in [0.1, 0.15) is 48.7 Å². The van der Waals surface area contributed by atoms with Gasteiger partial charge in [0.1, 0.15) is 5.82 Å². The van der Waals surface area contributed by atoms with Crippen LogP contribution < -0.4 is 5.32 Å². The normalized spacial score (nSPS) is 18.8. The average Bonchev–Trinajstić information content (AvgIpc) is 3.31. The van der Waals surface area contributed by atoms with Crippen LogP contribution in [0, 0.1) is 17.7 Å². The molecule has 0 radical (unpaired) electrons. The molecule has 1 unspecified atom stereocenters. The first-order valence-corrected chi connectivity index (χ1v) is 12.4. The minimum atomic E-state index is -0.283. The van der Waals surface area contributed by atoms with E-state index in [0.29, 0.717) is 18.0 Å². The lowest BCUT2D eigenvalue weighted by Gasteiger charge is -2.31. The molecular formula is C29H30FN3O3. The highest BCUT2D eigenvalue weighted by Crippen LogP contribution is 2.32. The molecule has 0 aliphatic heterocycles. The van der Waals surface area contributed by atoms with Gasteiger partial charge in [0.25, 0.3) is 5.91 Å². The molecule has 1 saturated carbocycles. The summed E-state index contributed by atoms with van der Waals surface area (Å²) in [5, 5.41) is 4.95. The number of para-hydroxylation sites is 1. The van der Waals surface area contributed by atoms with Crippen molar-refractivity contribution < 1.29 is 18.7 Å². The lowest BCUT2D eigenvalue weighted by atomic mass is 9.79. The number of benzene rings is 2. The summed E-state index contributed by atoms with van der Waals surface area (Å²) in [5.74, 6) is -0.230. The Balaban J connectivity index is 1.33. The first-order valence-electron chi connectivity index (χ1n) is 12.4. The Bertz CT molecular complexity index is 1420. The molecule has 2 aromatic heterocycles. The van der Waals surface area contributed by atoms with Crippen LogP contribution >= 0.6 is 0 Å². The van der Waals surface area contributed by atoms with Crippen molar-refractivity contribution in [1.29, 1.82) is 0 Å². The number of carbonyl (C=O) groups excluding carboxylic acids is 2. The molecule has 4 aromatic rings. The molecule has 2 aromatic carbocycles. The number of nitrogens with zero attached hydrogens (tertiary/aromatic N) is 2. The monoisotopic (exact) mass is 487 g/mol. The number of aromatic nitrogens is 2. The highest BCUT2D eigenvalue weighted by Gasteiger charge is 2.30. The summed E-state index contributed by atoms with van der Waals surface area (Å²) >= 11 is 0. The highest BCUT2D eigenvalue weighted by atomic mass is 19.1. The van der Waals surface area contributed by atoms with Crippen molar-refractivity contribution in [2.45, 2.75) is 45.2 Å². The van der Waals surface area contributed by atoms with Crippen LogP contribution in [0.5, 0.6) is 0 Å². The molecule has 0 spiro atoms. The number of hydrogen-bond donors (Lipinski definition) is 1. The third kappa shape index (κ3) is 4.83. The molecule has 0 bridgehead atoms. The number of ether oxygens (including phenoxy) is 1. The molecule has 0 saturated heterocycles. The third-order valence-corrected chi connectivity index (χ3v) is 7.45. The van der Waals surface area contributed by atoms with Crippen LogP contribution in [0.2, 0.25) is 0 Å². The molecule has 6 nitrogen and oxygen atoms in total. The first-order chi connectivity index (χ1) is 17.4. The summed E-state index contributed by atoms with van der Waals surface area (Å²) in [4.78, 5) is 29.9. The van der Waals surface area contributed by atoms with Crippen molar-refractivity contribution in [2.75, 3.05) is 7.11 Å². The maximum absolute atomic E-state index is 13.5. The third-order valence-electron chi connectivity index (χ3n) is 7.45. The van der Waals surface area contributed by atoms with E-state index in [1.165, 1.54) is 19.2 Å². The van der Waals surface area contributed by atoms with Crippen molar-refractivity contribution in [3.63, 3.8) is 0 Å². The van der Waals surface area contributed by atoms with E-state index in [0.717, 1.165) is 53.2 Å². The molecule has 1 fully saturated rings. The molecule has 1 N–H and O–H groups in total. The van der Waals surface area contributed by atoms with Gasteiger partial charge in [-0.1, -0.05) is 18.2 Å². The number of hydrogen-bond acceptors (Lipinski definition) is 4. The zero-order valence-corrected chi connectivity index (χ0v) is 20.5. The molecule has 1 aliphatic carbocycles. The number of halogens is 1. The summed E-state index contributed by atoms with van der Waals surface area (Å²) < 4.78 is 20.4. The van der Waals surface area contributed by atoms with Gasteiger partial charge in [-0.05, 0) is 74.9 Å². The molecule has 7 heteroatoms. The fraction of sp³-hybridized carbons (Fsp3) is 0.345. The summed E-state index contributed by atoms with van der Waals surface area (Å²) in [6.07, 6.45) is 5.33. The van der Waals surface area contributed by atoms with E-state index >= 15 is 0 Å². The average molecular weight is 488 g/mol. The molecule has 5 rings (SSSR count). The zero-order valence-electron chi connectivity index (χ0n) is 20.5. The van der Waals surface area contributed by atoms with E-state index in [4.69, 9.17) is 4.74 Å². The number of fused-ring (bicyclic) bond motifs is 2. The van der Waals surface area contributed by atoms with Gasteiger partial charge in [-0.25, -0.2) is 4.39 Å². The van der Waals surface area contributed by atoms with Gasteiger partial charge >= 0.3 is 5.97 Å². The molecule has 36 heavy (non-hydrogen) atoms. The van der Waals surface area contributed by atoms with Gasteiger partial charge in [0, 0.05) is 23.0 Å². The number of amides is 1. The second-order valence-electron chi connectivity index (χ2n) is 9.72. The summed E-state index contributed by atoms with van der Waals surface area (Å²) in [6.45, 7) is 2.54. The van der Waals surface area contributed by atoms with Crippen LogP contribution in [0.4, 0.5) is 4.39 Å². The lowest BCUT2D eigenvalue weighted by Crippen LogP contribution is -2.40. The number of nitrogens with one attached hydrogen (secondary N) is 1. The minimum absolute atomic E-state index is 0.00249. The minimum Gasteiger partial charge on any atom is -0.469 e. The summed E-state index contributed by atoms with van der Waals surface area (Å²) in [5.41, 5.74) is 3.05. The topological polar surface area (TPSA) is 73.2 Å². The van der Waals surface area contributed by atoms with Gasteiger partial charge in [0.15, 0.2) is 0 Å². The fourth-order valence-corrected chi connectivity index (χ4v) is 5.40. The van der Waals surface area contributed by atoms with Crippen LogP contribution in [-0.4, -0.2) is 34.6 Å². The highest BCUT2D eigenvalue weighted by molar-refractivity contribution is 6.06. The molecule has 2 heterocycles. The number of methoxy groups -OCH3 is 1. The Hall–Kier alpha value is -3.74. The van der Waals surface area contributed by atoms with Gasteiger partial charge in [0.2, 0.25) is 0 Å². The molecule has 186 valence electrons. The molecule has 1 atom stereocenters. The van der Waals surface area contributed by atoms with Gasteiger partial charge in [0.05, 0.1) is 41.9 Å². The Morgan fingerprint density at radius 3 is 2.67 bits per heavy atom. The van der Waals surface area contributed by atoms with Gasteiger partial charge in [-0.15, -0.1) is 0 Å². The van der Waals surface area contributed by atoms with Crippen molar-refractivity contribution in [3.05, 3.63) is 77.9 Å². The predicted molar refractivity (Wildman–Crippen MR) is 137 cm³/mol.